The molecule has 1 aromatic heterocycles. The summed E-state index contributed by atoms with van der Waals surface area (Å²) in [5.41, 5.74) is 6.12. The summed E-state index contributed by atoms with van der Waals surface area (Å²) in [6.45, 7) is 6.49. The molecule has 0 spiro atoms. The first-order valence-corrected chi connectivity index (χ1v) is 9.94. The van der Waals surface area contributed by atoms with Crippen molar-refractivity contribution >= 4 is 5.91 Å². The van der Waals surface area contributed by atoms with Crippen molar-refractivity contribution in [3.63, 3.8) is 0 Å². The molecule has 3 aliphatic rings. The zero-order chi connectivity index (χ0) is 20.3. The Kier molecular flexibility index (Phi) is 4.69. The molecule has 2 N–H and O–H groups in total. The molecule has 1 aromatic rings. The van der Waals surface area contributed by atoms with E-state index in [1.807, 2.05) is 0 Å². The molecule has 8 heteroatoms. The summed E-state index contributed by atoms with van der Waals surface area (Å²) in [6.07, 6.45) is -1.57. The fourth-order valence-electron chi connectivity index (χ4n) is 5.25. The van der Waals surface area contributed by atoms with Crippen molar-refractivity contribution in [2.75, 3.05) is 19.6 Å². The summed E-state index contributed by atoms with van der Waals surface area (Å²) < 4.78 is 39.2. The molecule has 3 atom stereocenters. The van der Waals surface area contributed by atoms with E-state index in [1.54, 1.807) is 4.90 Å². The number of nitrogens with zero attached hydrogens (tertiary/aromatic N) is 3. The lowest BCUT2D eigenvalue weighted by atomic mass is 9.78. The highest BCUT2D eigenvalue weighted by Gasteiger charge is 2.58. The van der Waals surface area contributed by atoms with Gasteiger partial charge in [-0.05, 0) is 44.2 Å². The first-order chi connectivity index (χ1) is 13.1. The number of hydrogen-bond acceptors (Lipinski definition) is 4. The van der Waals surface area contributed by atoms with Crippen LogP contribution in [0.1, 0.15) is 43.5 Å². The van der Waals surface area contributed by atoms with E-state index in [0.29, 0.717) is 43.2 Å². The Balaban J connectivity index is 1.59. The minimum absolute atomic E-state index is 0.0128. The molecule has 154 valence electrons. The van der Waals surface area contributed by atoms with Crippen LogP contribution in [0.15, 0.2) is 12.3 Å². The van der Waals surface area contributed by atoms with Gasteiger partial charge < -0.3 is 10.6 Å². The minimum atomic E-state index is -4.43. The largest absolute Gasteiger partial charge is 0.417 e. The fourth-order valence-corrected chi connectivity index (χ4v) is 5.25. The van der Waals surface area contributed by atoms with Crippen LogP contribution in [0.3, 0.4) is 0 Å². The molecule has 0 aromatic carbocycles. The van der Waals surface area contributed by atoms with Gasteiger partial charge in [-0.25, -0.2) is 0 Å². The highest BCUT2D eigenvalue weighted by Crippen LogP contribution is 2.50. The van der Waals surface area contributed by atoms with E-state index in [2.05, 4.69) is 23.7 Å². The second-order valence-corrected chi connectivity index (χ2v) is 8.88. The van der Waals surface area contributed by atoms with Gasteiger partial charge in [0.15, 0.2) is 0 Å². The summed E-state index contributed by atoms with van der Waals surface area (Å²) in [5, 5.41) is 0. The molecule has 0 radical (unpaired) electrons. The van der Waals surface area contributed by atoms with Gasteiger partial charge in [-0.15, -0.1) is 0 Å². The molecule has 0 unspecified atom stereocenters. The normalized spacial score (nSPS) is 30.6. The number of halogens is 3. The van der Waals surface area contributed by atoms with Gasteiger partial charge in [0, 0.05) is 56.6 Å². The molecule has 1 aliphatic carbocycles. The summed E-state index contributed by atoms with van der Waals surface area (Å²) >= 11 is 0. The summed E-state index contributed by atoms with van der Waals surface area (Å²) in [5.74, 6) is 0.273. The van der Waals surface area contributed by atoms with Crippen LogP contribution in [0.2, 0.25) is 0 Å². The van der Waals surface area contributed by atoms with Gasteiger partial charge in [-0.1, -0.05) is 0 Å². The molecule has 28 heavy (non-hydrogen) atoms. The molecule has 0 bridgehead atoms. The molecule has 4 rings (SSSR count). The van der Waals surface area contributed by atoms with Crippen molar-refractivity contribution in [1.82, 2.24) is 14.8 Å². The van der Waals surface area contributed by atoms with Gasteiger partial charge in [-0.3, -0.25) is 14.7 Å². The molecule has 5 nitrogen and oxygen atoms in total. The zero-order valence-corrected chi connectivity index (χ0v) is 16.3. The van der Waals surface area contributed by atoms with Gasteiger partial charge in [0.2, 0.25) is 5.91 Å². The molecule has 1 saturated heterocycles. The molecular formula is C20H27F3N4O. The third-order valence-corrected chi connectivity index (χ3v) is 6.75. The van der Waals surface area contributed by atoms with Crippen LogP contribution in [0, 0.1) is 11.3 Å². The average molecular weight is 396 g/mol. The maximum Gasteiger partial charge on any atom is 0.417 e. The number of alkyl halides is 3. The second-order valence-electron chi connectivity index (χ2n) is 8.88. The van der Waals surface area contributed by atoms with Gasteiger partial charge >= 0.3 is 6.18 Å². The van der Waals surface area contributed by atoms with Gasteiger partial charge in [-0.2, -0.15) is 13.2 Å². The Morgan fingerprint density at radius 3 is 2.82 bits per heavy atom. The Bertz CT molecular complexity index is 781. The Hall–Kier alpha value is -1.67. The van der Waals surface area contributed by atoms with Gasteiger partial charge in [0.25, 0.3) is 0 Å². The molecule has 2 fully saturated rings. The maximum atomic E-state index is 13.6. The highest BCUT2D eigenvalue weighted by molar-refractivity contribution is 5.84. The fraction of sp³-hybridized carbons (Fsp3) is 0.700. The number of hydrogen-bond donors (Lipinski definition) is 1. The van der Waals surface area contributed by atoms with Crippen molar-refractivity contribution in [3.8, 4) is 0 Å². The lowest BCUT2D eigenvalue weighted by molar-refractivity contribution is -0.144. The number of amides is 1. The van der Waals surface area contributed by atoms with Crippen LogP contribution < -0.4 is 5.73 Å². The third-order valence-electron chi connectivity index (χ3n) is 6.75. The van der Waals surface area contributed by atoms with Crippen LogP contribution in [0.5, 0.6) is 0 Å². The molecule has 1 amide bonds. The van der Waals surface area contributed by atoms with E-state index in [-0.39, 0.29) is 24.4 Å². The van der Waals surface area contributed by atoms with E-state index in [9.17, 15) is 18.0 Å². The van der Waals surface area contributed by atoms with Crippen molar-refractivity contribution < 1.29 is 18.0 Å². The Morgan fingerprint density at radius 1 is 1.39 bits per heavy atom. The first kappa shape index (κ1) is 19.6. The lowest BCUT2D eigenvalue weighted by Crippen LogP contribution is -2.49. The molecule has 2 aliphatic heterocycles. The summed E-state index contributed by atoms with van der Waals surface area (Å²) in [4.78, 5) is 21.7. The van der Waals surface area contributed by atoms with Crippen LogP contribution in [-0.4, -0.2) is 52.4 Å². The topological polar surface area (TPSA) is 62.5 Å². The lowest BCUT2D eigenvalue weighted by Gasteiger charge is -2.37. The number of nitrogens with two attached hydrogens (primary N) is 1. The van der Waals surface area contributed by atoms with Crippen LogP contribution >= 0.6 is 0 Å². The third kappa shape index (κ3) is 3.20. The Morgan fingerprint density at radius 2 is 2.14 bits per heavy atom. The van der Waals surface area contributed by atoms with E-state index < -0.39 is 17.2 Å². The number of aromatic nitrogens is 1. The minimum Gasteiger partial charge on any atom is -0.337 e. The monoisotopic (exact) mass is 396 g/mol. The molecule has 1 saturated carbocycles. The number of carbonyl (C=O) groups is 1. The van der Waals surface area contributed by atoms with Crippen molar-refractivity contribution in [2.45, 2.75) is 57.9 Å². The van der Waals surface area contributed by atoms with Crippen LogP contribution in [-0.2, 0) is 23.9 Å². The van der Waals surface area contributed by atoms with E-state index in [1.165, 1.54) is 0 Å². The summed E-state index contributed by atoms with van der Waals surface area (Å²) in [7, 11) is 0. The predicted molar refractivity (Wildman–Crippen MR) is 98.2 cm³/mol. The van der Waals surface area contributed by atoms with E-state index in [4.69, 9.17) is 5.73 Å². The van der Waals surface area contributed by atoms with Gasteiger partial charge in [0.1, 0.15) is 0 Å². The quantitative estimate of drug-likeness (QED) is 0.834. The van der Waals surface area contributed by atoms with Crippen LogP contribution in [0.25, 0.3) is 0 Å². The highest BCUT2D eigenvalue weighted by atomic mass is 19.4. The van der Waals surface area contributed by atoms with Crippen molar-refractivity contribution in [2.24, 2.45) is 17.1 Å². The van der Waals surface area contributed by atoms with E-state index in [0.717, 1.165) is 25.2 Å². The zero-order valence-electron chi connectivity index (χ0n) is 16.3. The second kappa shape index (κ2) is 6.69. The first-order valence-electron chi connectivity index (χ1n) is 9.94. The SMILES string of the molecule is CC(C)N1C[C@@H]2C[C@@H](N)C[C@]2(C(=O)N2CCc3ncc(C(F)(F)F)cc3C2)C1. The number of likely N-dealkylation sites (tertiary alicyclic amines) is 1. The average Bonchev–Trinajstić information content (AvgIpc) is 3.13. The predicted octanol–water partition coefficient (Wildman–Crippen LogP) is 2.43. The van der Waals surface area contributed by atoms with E-state index >= 15 is 0 Å². The Labute approximate surface area is 163 Å². The van der Waals surface area contributed by atoms with Crippen molar-refractivity contribution in [3.05, 3.63) is 29.1 Å². The number of rotatable bonds is 2. The van der Waals surface area contributed by atoms with Gasteiger partial charge in [0.05, 0.1) is 11.0 Å². The number of fused-ring (bicyclic) bond motifs is 2. The maximum absolute atomic E-state index is 13.6. The standard InChI is InChI=1S/C20H27F3N4O/c1-12(2)27-10-15-6-16(24)7-19(15,11-27)18(28)26-4-3-17-13(9-26)5-14(8-25-17)20(21,22)23/h5,8,12,15-16H,3-4,6-7,9-11,24H2,1-2H3/t15-,16+,19-/m0/s1. The molecular weight excluding hydrogens is 369 g/mol. The van der Waals surface area contributed by atoms with Crippen molar-refractivity contribution in [1.29, 1.82) is 0 Å². The summed E-state index contributed by atoms with van der Waals surface area (Å²) in [6, 6.07) is 1.51. The smallest absolute Gasteiger partial charge is 0.337 e. The number of carbonyl (C=O) groups excluding carboxylic acids is 1. The number of pyridine rings is 1. The van der Waals surface area contributed by atoms with Crippen LogP contribution in [0.4, 0.5) is 13.2 Å². The molecule has 3 heterocycles.